The van der Waals surface area contributed by atoms with Gasteiger partial charge in [-0.25, -0.2) is 18.7 Å². The van der Waals surface area contributed by atoms with Gasteiger partial charge in [0.25, 0.3) is 5.91 Å². The number of hydrogen-bond acceptors (Lipinski definition) is 6. The summed E-state index contributed by atoms with van der Waals surface area (Å²) < 4.78 is 20.5. The number of benzene rings is 1. The number of carbonyl (C=O) groups excluding carboxylic acids is 3. The number of carbonyl (C=O) groups is 3. The Bertz CT molecular complexity index is 1510. The van der Waals surface area contributed by atoms with Gasteiger partial charge >= 0.3 is 6.09 Å². The maximum Gasteiger partial charge on any atom is 0.408 e. The van der Waals surface area contributed by atoms with Gasteiger partial charge in [0.1, 0.15) is 22.7 Å². The smallest absolute Gasteiger partial charge is 0.408 e. The molecule has 0 spiro atoms. The first-order valence-corrected chi connectivity index (χ1v) is 14.5. The highest BCUT2D eigenvalue weighted by atomic mass is 19.1. The fourth-order valence-electron chi connectivity index (χ4n) is 5.59. The molecule has 10 nitrogen and oxygen atoms in total. The molecule has 5 rings (SSSR count). The molecule has 2 fully saturated rings. The minimum Gasteiger partial charge on any atom is -0.444 e. The molecule has 1 saturated heterocycles. The topological polar surface area (TPSA) is 109 Å². The highest BCUT2D eigenvalue weighted by Crippen LogP contribution is 2.35. The summed E-state index contributed by atoms with van der Waals surface area (Å²) in [7, 11) is 0. The SMILES string of the molecule is CC(C)c1cc(-c2ccc(F)cc2)nn2cc(C(=O)N3CCN(C(=O)C4(NC(=O)OC(C)(C)C)CCC4)[C@@H](C)C3)nc12. The van der Waals surface area contributed by atoms with Crippen LogP contribution >= 0.6 is 0 Å². The molecule has 1 N–H and O–H groups in total. The number of nitrogens with zero attached hydrogens (tertiary/aromatic N) is 5. The van der Waals surface area contributed by atoms with Crippen molar-refractivity contribution in [2.75, 3.05) is 19.6 Å². The summed E-state index contributed by atoms with van der Waals surface area (Å²) in [5.41, 5.74) is 1.59. The number of aromatic nitrogens is 3. The minimum atomic E-state index is -0.967. The Morgan fingerprint density at radius 1 is 1.12 bits per heavy atom. The third-order valence-electron chi connectivity index (χ3n) is 7.97. The van der Waals surface area contributed by atoms with E-state index in [0.717, 1.165) is 17.5 Å². The lowest BCUT2D eigenvalue weighted by Crippen LogP contribution is -2.67. The van der Waals surface area contributed by atoms with E-state index in [1.54, 1.807) is 53.4 Å². The summed E-state index contributed by atoms with van der Waals surface area (Å²) in [6.45, 7) is 12.4. The fraction of sp³-hybridized carbons (Fsp3) is 0.516. The Morgan fingerprint density at radius 2 is 1.81 bits per heavy atom. The largest absolute Gasteiger partial charge is 0.444 e. The van der Waals surface area contributed by atoms with Gasteiger partial charge in [-0.15, -0.1) is 0 Å². The second-order valence-electron chi connectivity index (χ2n) is 12.7. The first-order chi connectivity index (χ1) is 19.8. The van der Waals surface area contributed by atoms with Crippen molar-refractivity contribution >= 4 is 23.6 Å². The maximum absolute atomic E-state index is 13.7. The molecule has 2 aromatic heterocycles. The molecular formula is C31H39FN6O4. The summed E-state index contributed by atoms with van der Waals surface area (Å²) in [5.74, 6) is -0.575. The van der Waals surface area contributed by atoms with Crippen LogP contribution in [0.4, 0.5) is 9.18 Å². The van der Waals surface area contributed by atoms with E-state index in [0.29, 0.717) is 43.8 Å². The van der Waals surface area contributed by atoms with Crippen molar-refractivity contribution in [2.45, 2.75) is 83.9 Å². The van der Waals surface area contributed by atoms with Gasteiger partial charge in [-0.3, -0.25) is 9.59 Å². The van der Waals surface area contributed by atoms with E-state index >= 15 is 0 Å². The van der Waals surface area contributed by atoms with E-state index in [4.69, 9.17) is 4.74 Å². The van der Waals surface area contributed by atoms with Crippen molar-refractivity contribution in [1.82, 2.24) is 29.7 Å². The lowest BCUT2D eigenvalue weighted by atomic mass is 9.75. The molecule has 0 unspecified atom stereocenters. The zero-order valence-electron chi connectivity index (χ0n) is 25.1. The molecule has 3 heterocycles. The van der Waals surface area contributed by atoms with Gasteiger partial charge in [-0.2, -0.15) is 5.10 Å². The molecule has 1 aliphatic heterocycles. The van der Waals surface area contributed by atoms with Gasteiger partial charge in [0.2, 0.25) is 5.91 Å². The fourth-order valence-corrected chi connectivity index (χ4v) is 5.59. The molecule has 224 valence electrons. The predicted molar refractivity (Wildman–Crippen MR) is 156 cm³/mol. The lowest BCUT2D eigenvalue weighted by Gasteiger charge is -2.48. The second kappa shape index (κ2) is 11.0. The van der Waals surface area contributed by atoms with Crippen LogP contribution in [0.3, 0.4) is 0 Å². The monoisotopic (exact) mass is 578 g/mol. The predicted octanol–water partition coefficient (Wildman–Crippen LogP) is 4.78. The molecule has 11 heteroatoms. The van der Waals surface area contributed by atoms with Crippen LogP contribution in [0.1, 0.15) is 82.8 Å². The highest BCUT2D eigenvalue weighted by Gasteiger charge is 2.50. The van der Waals surface area contributed by atoms with Gasteiger partial charge < -0.3 is 19.9 Å². The number of amides is 3. The van der Waals surface area contributed by atoms with E-state index in [-0.39, 0.29) is 35.3 Å². The van der Waals surface area contributed by atoms with Crippen LogP contribution in [0.15, 0.2) is 36.5 Å². The molecule has 42 heavy (non-hydrogen) atoms. The second-order valence-corrected chi connectivity index (χ2v) is 12.7. The number of rotatable bonds is 5. The highest BCUT2D eigenvalue weighted by molar-refractivity contribution is 5.94. The zero-order valence-corrected chi connectivity index (χ0v) is 25.1. The Labute approximate surface area is 245 Å². The van der Waals surface area contributed by atoms with Crippen LogP contribution in [-0.4, -0.2) is 79.1 Å². The van der Waals surface area contributed by atoms with E-state index in [9.17, 15) is 18.8 Å². The van der Waals surface area contributed by atoms with Crippen LogP contribution in [-0.2, 0) is 9.53 Å². The minimum absolute atomic E-state index is 0.114. The van der Waals surface area contributed by atoms with Gasteiger partial charge in [0, 0.05) is 36.8 Å². The van der Waals surface area contributed by atoms with Crippen LogP contribution in [0.5, 0.6) is 0 Å². The van der Waals surface area contributed by atoms with E-state index in [1.807, 2.05) is 26.8 Å². The molecular weight excluding hydrogens is 539 g/mol. The molecule has 1 aromatic carbocycles. The number of nitrogens with one attached hydrogen (secondary N) is 1. The molecule has 1 aliphatic carbocycles. The summed E-state index contributed by atoms with van der Waals surface area (Å²) in [4.78, 5) is 47.9. The number of ether oxygens (including phenoxy) is 1. The standard InChI is InChI=1S/C31H39FN6O4/c1-19(2)23-16-24(21-8-10-22(32)11-9-21)35-38-18-25(33-26(23)38)27(39)36-14-15-37(20(3)17-36)28(40)31(12-7-13-31)34-29(41)42-30(4,5)6/h8-11,16,18-20H,7,12-15,17H2,1-6H3,(H,34,41)/t20-/m0/s1. The lowest BCUT2D eigenvalue weighted by molar-refractivity contribution is -0.146. The van der Waals surface area contributed by atoms with Crippen molar-refractivity contribution in [2.24, 2.45) is 0 Å². The number of hydrogen-bond donors (Lipinski definition) is 1. The molecule has 0 bridgehead atoms. The Hall–Kier alpha value is -4.02. The quantitative estimate of drug-likeness (QED) is 0.467. The summed E-state index contributed by atoms with van der Waals surface area (Å²) >= 11 is 0. The van der Waals surface area contributed by atoms with Crippen LogP contribution in [0.2, 0.25) is 0 Å². The van der Waals surface area contributed by atoms with Gasteiger partial charge in [0.05, 0.1) is 11.9 Å². The number of piperazine rings is 1. The third-order valence-corrected chi connectivity index (χ3v) is 7.97. The van der Waals surface area contributed by atoms with Crippen LogP contribution < -0.4 is 5.32 Å². The van der Waals surface area contributed by atoms with E-state index in [2.05, 4.69) is 15.4 Å². The number of imidazole rings is 1. The van der Waals surface area contributed by atoms with Crippen molar-refractivity contribution in [3.05, 3.63) is 53.6 Å². The molecule has 2 aliphatic rings. The zero-order chi connectivity index (χ0) is 30.4. The van der Waals surface area contributed by atoms with E-state index in [1.165, 1.54) is 12.1 Å². The van der Waals surface area contributed by atoms with Gasteiger partial charge in [-0.05, 0) is 83.2 Å². The Balaban J connectivity index is 1.32. The summed E-state index contributed by atoms with van der Waals surface area (Å²) in [5, 5.41) is 7.51. The number of halogens is 1. The average Bonchev–Trinajstić information content (AvgIpc) is 3.33. The van der Waals surface area contributed by atoms with Crippen molar-refractivity contribution in [3.8, 4) is 11.3 Å². The summed E-state index contributed by atoms with van der Waals surface area (Å²) in [6.07, 6.45) is 3.00. The Kier molecular flexibility index (Phi) is 7.72. The molecule has 0 radical (unpaired) electrons. The average molecular weight is 579 g/mol. The van der Waals surface area contributed by atoms with Crippen LogP contribution in [0, 0.1) is 5.82 Å². The number of fused-ring (bicyclic) bond motifs is 1. The van der Waals surface area contributed by atoms with Crippen LogP contribution in [0.25, 0.3) is 16.9 Å². The van der Waals surface area contributed by atoms with Crippen molar-refractivity contribution in [3.63, 3.8) is 0 Å². The molecule has 1 atom stereocenters. The van der Waals surface area contributed by atoms with Crippen molar-refractivity contribution in [1.29, 1.82) is 0 Å². The normalized spacial score (nSPS) is 18.6. The van der Waals surface area contributed by atoms with Crippen molar-refractivity contribution < 1.29 is 23.5 Å². The molecule has 3 amide bonds. The third kappa shape index (κ3) is 5.82. The maximum atomic E-state index is 13.7. The Morgan fingerprint density at radius 3 is 2.38 bits per heavy atom. The van der Waals surface area contributed by atoms with E-state index < -0.39 is 17.2 Å². The summed E-state index contributed by atoms with van der Waals surface area (Å²) in [6, 6.07) is 7.82. The van der Waals surface area contributed by atoms with Gasteiger partial charge in [0.15, 0.2) is 5.65 Å². The molecule has 1 saturated carbocycles. The first-order valence-electron chi connectivity index (χ1n) is 14.5. The first kappa shape index (κ1) is 29.5. The number of alkyl carbamates (subject to hydrolysis) is 1. The molecule has 3 aromatic rings. The van der Waals surface area contributed by atoms with Gasteiger partial charge in [-0.1, -0.05) is 13.8 Å².